The molecule has 0 N–H and O–H groups in total. The summed E-state index contributed by atoms with van der Waals surface area (Å²) in [4.78, 5) is 26.4. The smallest absolute Gasteiger partial charge is 0.261 e. The number of hydrogen-bond donors (Lipinski definition) is 0. The van der Waals surface area contributed by atoms with Crippen molar-refractivity contribution in [1.29, 1.82) is 0 Å². The highest BCUT2D eigenvalue weighted by Crippen LogP contribution is 2.36. The van der Waals surface area contributed by atoms with Crippen LogP contribution in [0.25, 0.3) is 0 Å². The number of fused-ring (bicyclic) bond motifs is 2. The van der Waals surface area contributed by atoms with Crippen LogP contribution in [0.3, 0.4) is 0 Å². The quantitative estimate of drug-likeness (QED) is 0.610. The largest absolute Gasteiger partial charge is 0.489 e. The molecule has 6 heteroatoms. The van der Waals surface area contributed by atoms with Crippen LogP contribution in [0.2, 0.25) is 0 Å². The van der Waals surface area contributed by atoms with Gasteiger partial charge in [0.1, 0.15) is 19.0 Å². The van der Waals surface area contributed by atoms with Crippen molar-refractivity contribution in [1.82, 2.24) is 4.90 Å². The molecule has 5 rings (SSSR count). The van der Waals surface area contributed by atoms with E-state index in [2.05, 4.69) is 0 Å². The zero-order valence-corrected chi connectivity index (χ0v) is 16.1. The number of hydrogen-bond acceptors (Lipinski definition) is 5. The molecule has 0 spiro atoms. The van der Waals surface area contributed by atoms with E-state index in [-0.39, 0.29) is 25.0 Å². The van der Waals surface area contributed by atoms with Crippen LogP contribution < -0.4 is 14.2 Å². The molecule has 6 nitrogen and oxygen atoms in total. The van der Waals surface area contributed by atoms with Gasteiger partial charge in [-0.3, -0.25) is 14.5 Å². The minimum atomic E-state index is -0.455. The van der Waals surface area contributed by atoms with Gasteiger partial charge in [0.25, 0.3) is 11.8 Å². The molecule has 0 saturated carbocycles. The molecular weight excluding hydrogens is 382 g/mol. The molecule has 0 aromatic heterocycles. The van der Waals surface area contributed by atoms with Gasteiger partial charge in [-0.05, 0) is 29.8 Å². The topological polar surface area (TPSA) is 65.1 Å². The molecule has 2 heterocycles. The van der Waals surface area contributed by atoms with Crippen molar-refractivity contribution in [2.75, 3.05) is 13.2 Å². The van der Waals surface area contributed by atoms with E-state index >= 15 is 0 Å². The lowest BCUT2D eigenvalue weighted by molar-refractivity contribution is 0.0428. The van der Waals surface area contributed by atoms with Gasteiger partial charge in [0.15, 0.2) is 17.6 Å². The number of amides is 2. The summed E-state index contributed by atoms with van der Waals surface area (Å²) in [5.41, 5.74) is 1.92. The number of nitrogens with zero attached hydrogens (tertiary/aromatic N) is 1. The van der Waals surface area contributed by atoms with E-state index in [0.717, 1.165) is 5.56 Å². The number of ether oxygens (including phenoxy) is 3. The van der Waals surface area contributed by atoms with Gasteiger partial charge in [-0.15, -0.1) is 0 Å². The van der Waals surface area contributed by atoms with Crippen molar-refractivity contribution >= 4 is 11.8 Å². The van der Waals surface area contributed by atoms with Crippen LogP contribution in [0.5, 0.6) is 17.2 Å². The van der Waals surface area contributed by atoms with Gasteiger partial charge in [-0.25, -0.2) is 0 Å². The Balaban J connectivity index is 1.27. The van der Waals surface area contributed by atoms with E-state index in [0.29, 0.717) is 35.0 Å². The lowest BCUT2D eigenvalue weighted by atomic mass is 10.1. The van der Waals surface area contributed by atoms with Gasteiger partial charge in [-0.2, -0.15) is 0 Å². The first-order chi connectivity index (χ1) is 14.7. The van der Waals surface area contributed by atoms with Gasteiger partial charge < -0.3 is 14.2 Å². The van der Waals surface area contributed by atoms with Gasteiger partial charge in [0.05, 0.1) is 17.7 Å². The van der Waals surface area contributed by atoms with E-state index in [9.17, 15) is 9.59 Å². The maximum Gasteiger partial charge on any atom is 0.261 e. The van der Waals surface area contributed by atoms with Crippen LogP contribution in [0.15, 0.2) is 72.8 Å². The first-order valence-corrected chi connectivity index (χ1v) is 9.74. The number of benzene rings is 3. The Morgan fingerprint density at radius 2 is 1.57 bits per heavy atom. The molecule has 2 amide bonds. The molecule has 0 radical (unpaired) electrons. The van der Waals surface area contributed by atoms with Crippen molar-refractivity contribution in [2.24, 2.45) is 0 Å². The zero-order chi connectivity index (χ0) is 20.5. The molecule has 30 heavy (non-hydrogen) atoms. The predicted octanol–water partition coefficient (Wildman–Crippen LogP) is 3.70. The van der Waals surface area contributed by atoms with Crippen molar-refractivity contribution in [3.05, 3.63) is 89.5 Å². The van der Waals surface area contributed by atoms with Crippen LogP contribution in [-0.4, -0.2) is 36.0 Å². The monoisotopic (exact) mass is 401 g/mol. The molecule has 0 fully saturated rings. The van der Waals surface area contributed by atoms with Crippen LogP contribution in [0.4, 0.5) is 0 Å². The summed E-state index contributed by atoms with van der Waals surface area (Å²) in [6.45, 7) is 0.824. The van der Waals surface area contributed by atoms with Crippen molar-refractivity contribution in [3.63, 3.8) is 0 Å². The van der Waals surface area contributed by atoms with Gasteiger partial charge in [-0.1, -0.05) is 42.5 Å². The second-order valence-corrected chi connectivity index (χ2v) is 7.20. The first kappa shape index (κ1) is 18.2. The number of rotatable bonds is 5. The van der Waals surface area contributed by atoms with E-state index < -0.39 is 6.10 Å². The highest BCUT2D eigenvalue weighted by atomic mass is 16.6. The predicted molar refractivity (Wildman–Crippen MR) is 109 cm³/mol. The van der Waals surface area contributed by atoms with E-state index in [1.165, 1.54) is 4.90 Å². The minimum Gasteiger partial charge on any atom is -0.489 e. The Morgan fingerprint density at radius 3 is 2.30 bits per heavy atom. The second kappa shape index (κ2) is 7.55. The third kappa shape index (κ3) is 3.37. The summed E-state index contributed by atoms with van der Waals surface area (Å²) in [5.74, 6) is 1.20. The average Bonchev–Trinajstić information content (AvgIpc) is 3.03. The minimum absolute atomic E-state index is 0.126. The normalized spacial score (nSPS) is 17.1. The lowest BCUT2D eigenvalue weighted by Crippen LogP contribution is -2.43. The average molecular weight is 401 g/mol. The molecule has 0 saturated heterocycles. The number of carbonyl (C=O) groups excluding carboxylic acids is 2. The van der Waals surface area contributed by atoms with Crippen LogP contribution in [0.1, 0.15) is 26.3 Å². The first-order valence-electron chi connectivity index (χ1n) is 9.74. The molecule has 3 aromatic rings. The van der Waals surface area contributed by atoms with Crippen LogP contribution in [0, 0.1) is 0 Å². The molecule has 0 aliphatic carbocycles. The maximum absolute atomic E-state index is 12.6. The Bertz CT molecular complexity index is 1080. The molecule has 1 atom stereocenters. The van der Waals surface area contributed by atoms with Gasteiger partial charge >= 0.3 is 0 Å². The summed E-state index contributed by atoms with van der Waals surface area (Å²) >= 11 is 0. The maximum atomic E-state index is 12.6. The summed E-state index contributed by atoms with van der Waals surface area (Å²) in [7, 11) is 0. The molecule has 0 unspecified atom stereocenters. The van der Waals surface area contributed by atoms with Crippen LogP contribution in [-0.2, 0) is 6.61 Å². The Labute approximate surface area is 173 Å². The molecule has 2 aliphatic heterocycles. The lowest BCUT2D eigenvalue weighted by Gasteiger charge is -2.29. The molecule has 150 valence electrons. The zero-order valence-electron chi connectivity index (χ0n) is 16.1. The standard InChI is InChI=1S/C24H19NO5/c26-23-19-8-4-5-9-20(19)24(27)25(23)13-18-15-29-21-11-10-17(12-22(21)30-18)28-14-16-6-2-1-3-7-16/h1-12,18H,13-15H2/t18-/m1/s1. The fourth-order valence-electron chi connectivity index (χ4n) is 3.63. The van der Waals surface area contributed by atoms with Crippen molar-refractivity contribution in [3.8, 4) is 17.2 Å². The second-order valence-electron chi connectivity index (χ2n) is 7.20. The third-order valence-corrected chi connectivity index (χ3v) is 5.15. The van der Waals surface area contributed by atoms with Crippen molar-refractivity contribution in [2.45, 2.75) is 12.7 Å². The summed E-state index contributed by atoms with van der Waals surface area (Å²) in [6, 6.07) is 22.1. The summed E-state index contributed by atoms with van der Waals surface area (Å²) < 4.78 is 17.7. The fourth-order valence-corrected chi connectivity index (χ4v) is 3.63. The molecule has 3 aromatic carbocycles. The molecular formula is C24H19NO5. The number of imide groups is 1. The number of carbonyl (C=O) groups is 2. The molecule has 2 aliphatic rings. The Kier molecular flexibility index (Phi) is 4.59. The summed E-state index contributed by atoms with van der Waals surface area (Å²) in [6.07, 6.45) is -0.455. The van der Waals surface area contributed by atoms with Crippen molar-refractivity contribution < 1.29 is 23.8 Å². The van der Waals surface area contributed by atoms with Gasteiger partial charge in [0, 0.05) is 6.07 Å². The fraction of sp³-hybridized carbons (Fsp3) is 0.167. The van der Waals surface area contributed by atoms with E-state index in [4.69, 9.17) is 14.2 Å². The van der Waals surface area contributed by atoms with Gasteiger partial charge in [0.2, 0.25) is 0 Å². The SMILES string of the molecule is O=C1c2ccccc2C(=O)N1C[C@@H]1COc2ccc(OCc3ccccc3)cc2O1. The molecule has 0 bridgehead atoms. The Morgan fingerprint density at radius 1 is 0.867 bits per heavy atom. The van der Waals surface area contributed by atoms with E-state index in [1.54, 1.807) is 36.4 Å². The van der Waals surface area contributed by atoms with E-state index in [1.807, 2.05) is 36.4 Å². The van der Waals surface area contributed by atoms with Crippen LogP contribution >= 0.6 is 0 Å². The highest BCUT2D eigenvalue weighted by molar-refractivity contribution is 6.21. The summed E-state index contributed by atoms with van der Waals surface area (Å²) in [5, 5.41) is 0. The third-order valence-electron chi connectivity index (χ3n) is 5.15. The Hall–Kier alpha value is -3.80. The highest BCUT2D eigenvalue weighted by Gasteiger charge is 2.37.